The maximum Gasteiger partial charge on any atom is 0.330 e. The third-order valence-electron chi connectivity index (χ3n) is 2.55. The summed E-state index contributed by atoms with van der Waals surface area (Å²) >= 11 is 0. The standard InChI is InChI=1S/C10H14O4/c1-6-2-3-7(11)10-8(14-10)4-5-9(12)13-6/h4-8,10-11H,2-3H2,1H3/b5-4-/t6-,7?,8+,10-/m1/s1. The van der Waals surface area contributed by atoms with Gasteiger partial charge in [-0.05, 0) is 25.8 Å². The Morgan fingerprint density at radius 2 is 2.29 bits per heavy atom. The summed E-state index contributed by atoms with van der Waals surface area (Å²) in [6.45, 7) is 1.82. The molecule has 2 heterocycles. The molecule has 1 N–H and O–H groups in total. The van der Waals surface area contributed by atoms with E-state index >= 15 is 0 Å². The van der Waals surface area contributed by atoms with E-state index in [1.165, 1.54) is 6.08 Å². The van der Waals surface area contributed by atoms with Crippen LogP contribution in [0.3, 0.4) is 0 Å². The second kappa shape index (κ2) is 3.71. The summed E-state index contributed by atoms with van der Waals surface area (Å²) in [6, 6.07) is 0. The fourth-order valence-corrected chi connectivity index (χ4v) is 1.64. The Bertz CT molecular complexity index is 261. The number of rotatable bonds is 0. The van der Waals surface area contributed by atoms with Crippen LogP contribution in [-0.4, -0.2) is 35.5 Å². The molecular weight excluding hydrogens is 184 g/mol. The number of aliphatic hydroxyl groups is 1. The minimum atomic E-state index is -0.441. The highest BCUT2D eigenvalue weighted by Gasteiger charge is 2.42. The Labute approximate surface area is 82.5 Å². The van der Waals surface area contributed by atoms with E-state index in [1.807, 2.05) is 6.92 Å². The Hall–Kier alpha value is -0.870. The van der Waals surface area contributed by atoms with Gasteiger partial charge >= 0.3 is 5.97 Å². The van der Waals surface area contributed by atoms with Gasteiger partial charge in [0.15, 0.2) is 0 Å². The first-order chi connectivity index (χ1) is 6.66. The van der Waals surface area contributed by atoms with Gasteiger partial charge in [0, 0.05) is 6.08 Å². The lowest BCUT2D eigenvalue weighted by Gasteiger charge is -2.14. The Kier molecular flexibility index (Phi) is 2.56. The fraction of sp³-hybridized carbons (Fsp3) is 0.700. The monoisotopic (exact) mass is 198 g/mol. The molecule has 1 unspecified atom stereocenters. The van der Waals surface area contributed by atoms with Crippen LogP contribution in [0.4, 0.5) is 0 Å². The van der Waals surface area contributed by atoms with Crippen molar-refractivity contribution in [2.75, 3.05) is 0 Å². The van der Waals surface area contributed by atoms with Crippen molar-refractivity contribution in [2.24, 2.45) is 0 Å². The van der Waals surface area contributed by atoms with Crippen molar-refractivity contribution in [2.45, 2.75) is 44.2 Å². The first kappa shape index (κ1) is 9.68. The van der Waals surface area contributed by atoms with E-state index in [0.717, 1.165) is 0 Å². The molecule has 1 saturated heterocycles. The quantitative estimate of drug-likeness (QED) is 0.452. The summed E-state index contributed by atoms with van der Waals surface area (Å²) in [5.74, 6) is -0.330. The van der Waals surface area contributed by atoms with Gasteiger partial charge in [0.05, 0.1) is 12.2 Å². The summed E-state index contributed by atoms with van der Waals surface area (Å²) in [4.78, 5) is 11.1. The molecule has 4 nitrogen and oxygen atoms in total. The molecule has 0 saturated carbocycles. The highest BCUT2D eigenvalue weighted by molar-refractivity contribution is 5.82. The maximum atomic E-state index is 11.1. The zero-order chi connectivity index (χ0) is 10.1. The number of carbonyl (C=O) groups is 1. The molecule has 2 aliphatic heterocycles. The summed E-state index contributed by atoms with van der Waals surface area (Å²) in [7, 11) is 0. The Balaban J connectivity index is 2.02. The second-order valence-corrected chi connectivity index (χ2v) is 3.82. The lowest BCUT2D eigenvalue weighted by Crippen LogP contribution is -2.22. The molecule has 0 radical (unpaired) electrons. The van der Waals surface area contributed by atoms with Crippen molar-refractivity contribution < 1.29 is 19.4 Å². The van der Waals surface area contributed by atoms with Gasteiger partial charge in [0.1, 0.15) is 12.2 Å². The topological polar surface area (TPSA) is 59.1 Å². The zero-order valence-electron chi connectivity index (χ0n) is 8.05. The second-order valence-electron chi connectivity index (χ2n) is 3.82. The number of hydrogen-bond acceptors (Lipinski definition) is 4. The SMILES string of the molecule is C[C@@H]1CCC(O)[C@H]2O[C@H]2/C=C\C(=O)O1. The van der Waals surface area contributed by atoms with Crippen molar-refractivity contribution >= 4 is 5.97 Å². The van der Waals surface area contributed by atoms with Crippen LogP contribution in [0.5, 0.6) is 0 Å². The van der Waals surface area contributed by atoms with Gasteiger partial charge in [0.2, 0.25) is 0 Å². The van der Waals surface area contributed by atoms with Crippen molar-refractivity contribution in [1.29, 1.82) is 0 Å². The highest BCUT2D eigenvalue weighted by atomic mass is 16.6. The first-order valence-corrected chi connectivity index (χ1v) is 4.89. The molecule has 4 heteroatoms. The van der Waals surface area contributed by atoms with E-state index in [9.17, 15) is 9.90 Å². The minimum absolute atomic E-state index is 0.106. The lowest BCUT2D eigenvalue weighted by atomic mass is 10.1. The van der Waals surface area contributed by atoms with Crippen LogP contribution in [0.1, 0.15) is 19.8 Å². The molecule has 14 heavy (non-hydrogen) atoms. The molecule has 0 aromatic carbocycles. The van der Waals surface area contributed by atoms with Gasteiger partial charge in [-0.15, -0.1) is 0 Å². The van der Waals surface area contributed by atoms with Crippen LogP contribution in [0, 0.1) is 0 Å². The van der Waals surface area contributed by atoms with Gasteiger partial charge in [-0.1, -0.05) is 0 Å². The number of ether oxygens (including phenoxy) is 2. The summed E-state index contributed by atoms with van der Waals surface area (Å²) in [5, 5.41) is 9.63. The van der Waals surface area contributed by atoms with Crippen LogP contribution >= 0.6 is 0 Å². The highest BCUT2D eigenvalue weighted by Crippen LogP contribution is 2.29. The molecule has 0 aliphatic carbocycles. The third-order valence-corrected chi connectivity index (χ3v) is 2.55. The molecule has 0 amide bonds. The van der Waals surface area contributed by atoms with Crippen LogP contribution in [-0.2, 0) is 14.3 Å². The number of aliphatic hydroxyl groups excluding tert-OH is 1. The molecule has 2 aliphatic rings. The van der Waals surface area contributed by atoms with Crippen LogP contribution in [0.25, 0.3) is 0 Å². The third kappa shape index (κ3) is 2.13. The summed E-state index contributed by atoms with van der Waals surface area (Å²) < 4.78 is 10.2. The molecular formula is C10H14O4. The predicted octanol–water partition coefficient (Wildman–Crippen LogP) is 0.396. The molecule has 2 rings (SSSR count). The smallest absolute Gasteiger partial charge is 0.330 e. The van der Waals surface area contributed by atoms with Gasteiger partial charge in [-0.25, -0.2) is 4.79 Å². The van der Waals surface area contributed by atoms with Crippen LogP contribution in [0.15, 0.2) is 12.2 Å². The number of fused-ring (bicyclic) bond motifs is 1. The normalized spacial score (nSPS) is 44.9. The predicted molar refractivity (Wildman–Crippen MR) is 48.6 cm³/mol. The van der Waals surface area contributed by atoms with Gasteiger partial charge in [-0.2, -0.15) is 0 Å². The number of cyclic esters (lactones) is 1. The molecule has 0 aromatic rings. The van der Waals surface area contributed by atoms with Gasteiger partial charge in [-0.3, -0.25) is 0 Å². The number of esters is 1. The Morgan fingerprint density at radius 3 is 3.07 bits per heavy atom. The zero-order valence-corrected chi connectivity index (χ0v) is 8.05. The van der Waals surface area contributed by atoms with Crippen LogP contribution in [0.2, 0.25) is 0 Å². The molecule has 0 spiro atoms. The van der Waals surface area contributed by atoms with E-state index < -0.39 is 6.10 Å². The minimum Gasteiger partial charge on any atom is -0.460 e. The number of hydrogen-bond donors (Lipinski definition) is 1. The molecule has 0 bridgehead atoms. The van der Waals surface area contributed by atoms with Crippen molar-refractivity contribution in [3.63, 3.8) is 0 Å². The maximum absolute atomic E-state index is 11.1. The fourth-order valence-electron chi connectivity index (χ4n) is 1.64. The summed E-state index contributed by atoms with van der Waals surface area (Å²) in [6.07, 6.45) is 3.50. The Morgan fingerprint density at radius 1 is 1.50 bits per heavy atom. The summed E-state index contributed by atoms with van der Waals surface area (Å²) in [5.41, 5.74) is 0. The average molecular weight is 198 g/mol. The van der Waals surface area contributed by atoms with E-state index in [0.29, 0.717) is 12.8 Å². The van der Waals surface area contributed by atoms with E-state index in [1.54, 1.807) is 6.08 Å². The first-order valence-electron chi connectivity index (χ1n) is 4.89. The van der Waals surface area contributed by atoms with Crippen molar-refractivity contribution in [3.8, 4) is 0 Å². The average Bonchev–Trinajstić information content (AvgIpc) is 2.89. The largest absolute Gasteiger partial charge is 0.460 e. The van der Waals surface area contributed by atoms with E-state index in [4.69, 9.17) is 9.47 Å². The molecule has 4 atom stereocenters. The lowest BCUT2D eigenvalue weighted by molar-refractivity contribution is -0.142. The number of carbonyl (C=O) groups excluding carboxylic acids is 1. The molecule has 78 valence electrons. The van der Waals surface area contributed by atoms with E-state index in [2.05, 4.69) is 0 Å². The van der Waals surface area contributed by atoms with Crippen molar-refractivity contribution in [3.05, 3.63) is 12.2 Å². The van der Waals surface area contributed by atoms with Gasteiger partial charge < -0.3 is 14.6 Å². The molecule has 1 fully saturated rings. The van der Waals surface area contributed by atoms with E-state index in [-0.39, 0.29) is 24.3 Å². The van der Waals surface area contributed by atoms with Gasteiger partial charge in [0.25, 0.3) is 0 Å². The molecule has 0 aromatic heterocycles. The number of epoxide rings is 1. The van der Waals surface area contributed by atoms with Crippen LogP contribution < -0.4 is 0 Å². The van der Waals surface area contributed by atoms with Crippen molar-refractivity contribution in [1.82, 2.24) is 0 Å².